The van der Waals surface area contributed by atoms with Crippen LogP contribution >= 0.6 is 0 Å². The summed E-state index contributed by atoms with van der Waals surface area (Å²) in [5.41, 5.74) is 5.16. The Kier molecular flexibility index (Phi) is 5.66. The smallest absolute Gasteiger partial charge is 0.234 e. The highest BCUT2D eigenvalue weighted by Gasteiger charge is 2.15. The van der Waals surface area contributed by atoms with E-state index in [1.807, 2.05) is 13.8 Å². The van der Waals surface area contributed by atoms with Gasteiger partial charge in [0.2, 0.25) is 5.91 Å². The van der Waals surface area contributed by atoms with Gasteiger partial charge in [0.05, 0.1) is 12.1 Å². The van der Waals surface area contributed by atoms with Crippen molar-refractivity contribution in [1.29, 1.82) is 0 Å². The van der Waals surface area contributed by atoms with Crippen LogP contribution in [0.25, 0.3) is 0 Å². The third-order valence-corrected chi connectivity index (χ3v) is 1.93. The quantitative estimate of drug-likeness (QED) is 0.549. The fourth-order valence-electron chi connectivity index (χ4n) is 1.32. The molecule has 78 valence electrons. The van der Waals surface area contributed by atoms with Crippen molar-refractivity contribution in [3.8, 4) is 0 Å². The average Bonchev–Trinajstić information content (AvgIpc) is 1.98. The van der Waals surface area contributed by atoms with E-state index in [0.717, 1.165) is 0 Å². The molecule has 0 rings (SSSR count). The van der Waals surface area contributed by atoms with Crippen molar-refractivity contribution in [1.82, 2.24) is 5.32 Å². The van der Waals surface area contributed by atoms with Crippen molar-refractivity contribution in [2.45, 2.75) is 51.8 Å². The van der Waals surface area contributed by atoms with Crippen LogP contribution in [-0.2, 0) is 4.79 Å². The van der Waals surface area contributed by atoms with Gasteiger partial charge in [0.1, 0.15) is 0 Å². The molecule has 0 fully saturated rings. The zero-order valence-electron chi connectivity index (χ0n) is 8.58. The summed E-state index contributed by atoms with van der Waals surface area (Å²) in [7, 11) is 0. The number of nitrogens with two attached hydrogens (primary N) is 1. The van der Waals surface area contributed by atoms with Gasteiger partial charge in [-0.05, 0) is 26.7 Å². The number of carbonyl (C=O) groups excluding carboxylic acids is 1. The molecule has 3 unspecified atom stereocenters. The second-order valence-electron chi connectivity index (χ2n) is 3.52. The molecule has 4 heteroatoms. The SMILES string of the molecule is CCC(NC(C)CC(C)O)C(N)=O. The molecular weight excluding hydrogens is 168 g/mol. The van der Waals surface area contributed by atoms with Gasteiger partial charge in [0, 0.05) is 6.04 Å². The molecule has 4 nitrogen and oxygen atoms in total. The normalized spacial score (nSPS) is 17.8. The van der Waals surface area contributed by atoms with Crippen molar-refractivity contribution in [3.63, 3.8) is 0 Å². The van der Waals surface area contributed by atoms with Gasteiger partial charge in [-0.2, -0.15) is 0 Å². The van der Waals surface area contributed by atoms with Gasteiger partial charge in [0.15, 0.2) is 0 Å². The van der Waals surface area contributed by atoms with Gasteiger partial charge in [-0.25, -0.2) is 0 Å². The predicted molar refractivity (Wildman–Crippen MR) is 52.2 cm³/mol. The summed E-state index contributed by atoms with van der Waals surface area (Å²) >= 11 is 0. The molecule has 0 spiro atoms. The molecule has 0 aliphatic rings. The molecule has 3 atom stereocenters. The van der Waals surface area contributed by atoms with E-state index in [1.165, 1.54) is 0 Å². The highest BCUT2D eigenvalue weighted by molar-refractivity contribution is 5.79. The lowest BCUT2D eigenvalue weighted by Gasteiger charge is -2.20. The van der Waals surface area contributed by atoms with Crippen molar-refractivity contribution in [2.24, 2.45) is 5.73 Å². The topological polar surface area (TPSA) is 75.3 Å². The molecule has 0 aromatic rings. The zero-order chi connectivity index (χ0) is 10.4. The molecule has 0 aromatic heterocycles. The monoisotopic (exact) mass is 188 g/mol. The predicted octanol–water partition coefficient (Wildman–Crippen LogP) is -0.000700. The lowest BCUT2D eigenvalue weighted by molar-refractivity contribution is -0.120. The molecule has 0 aliphatic heterocycles. The summed E-state index contributed by atoms with van der Waals surface area (Å²) in [6, 6.07) is -0.175. The zero-order valence-corrected chi connectivity index (χ0v) is 8.58. The highest BCUT2D eigenvalue weighted by atomic mass is 16.3. The molecule has 0 saturated carbocycles. The van der Waals surface area contributed by atoms with Crippen molar-refractivity contribution in [3.05, 3.63) is 0 Å². The molecule has 0 saturated heterocycles. The van der Waals surface area contributed by atoms with Crippen molar-refractivity contribution < 1.29 is 9.90 Å². The minimum absolute atomic E-state index is 0.109. The third kappa shape index (κ3) is 5.60. The molecule has 4 N–H and O–H groups in total. The van der Waals surface area contributed by atoms with Gasteiger partial charge >= 0.3 is 0 Å². The number of rotatable bonds is 6. The van der Waals surface area contributed by atoms with Crippen LogP contribution in [0.5, 0.6) is 0 Å². The van der Waals surface area contributed by atoms with Gasteiger partial charge in [-0.3, -0.25) is 4.79 Å². The molecule has 13 heavy (non-hydrogen) atoms. The molecular formula is C9H20N2O2. The summed E-state index contributed by atoms with van der Waals surface area (Å²) in [6.45, 7) is 5.55. The average molecular weight is 188 g/mol. The lowest BCUT2D eigenvalue weighted by atomic mass is 10.1. The maximum atomic E-state index is 10.8. The minimum atomic E-state index is -0.354. The van der Waals surface area contributed by atoms with E-state index >= 15 is 0 Å². The van der Waals surface area contributed by atoms with Crippen LogP contribution in [-0.4, -0.2) is 29.2 Å². The van der Waals surface area contributed by atoms with Gasteiger partial charge in [-0.1, -0.05) is 6.92 Å². The van der Waals surface area contributed by atoms with Crippen LogP contribution in [0.2, 0.25) is 0 Å². The Morgan fingerprint density at radius 3 is 2.38 bits per heavy atom. The molecule has 0 aromatic carbocycles. The van der Waals surface area contributed by atoms with Crippen LogP contribution in [0.4, 0.5) is 0 Å². The number of carbonyl (C=O) groups is 1. The summed E-state index contributed by atoms with van der Waals surface area (Å²) in [5.74, 6) is -0.333. The fraction of sp³-hybridized carbons (Fsp3) is 0.889. The highest BCUT2D eigenvalue weighted by Crippen LogP contribution is 1.99. The third-order valence-electron chi connectivity index (χ3n) is 1.93. The number of primary amides is 1. The first-order valence-corrected chi connectivity index (χ1v) is 4.70. The van der Waals surface area contributed by atoms with E-state index in [4.69, 9.17) is 10.8 Å². The minimum Gasteiger partial charge on any atom is -0.393 e. The largest absolute Gasteiger partial charge is 0.393 e. The second-order valence-corrected chi connectivity index (χ2v) is 3.52. The fourth-order valence-corrected chi connectivity index (χ4v) is 1.32. The van der Waals surface area contributed by atoms with E-state index in [0.29, 0.717) is 12.8 Å². The van der Waals surface area contributed by atoms with E-state index in [-0.39, 0.29) is 24.1 Å². The Hall–Kier alpha value is -0.610. The molecule has 0 aliphatic carbocycles. The van der Waals surface area contributed by atoms with Crippen LogP contribution in [0.3, 0.4) is 0 Å². The Balaban J connectivity index is 3.86. The van der Waals surface area contributed by atoms with E-state index in [1.54, 1.807) is 6.92 Å². The van der Waals surface area contributed by atoms with Gasteiger partial charge < -0.3 is 16.2 Å². The number of amides is 1. The van der Waals surface area contributed by atoms with E-state index in [2.05, 4.69) is 5.32 Å². The van der Waals surface area contributed by atoms with Crippen LogP contribution < -0.4 is 11.1 Å². The first-order valence-electron chi connectivity index (χ1n) is 4.70. The van der Waals surface area contributed by atoms with Crippen LogP contribution in [0.15, 0.2) is 0 Å². The summed E-state index contributed by atoms with van der Waals surface area (Å²) in [6.07, 6.45) is 0.955. The molecule has 1 amide bonds. The number of aliphatic hydroxyl groups excluding tert-OH is 1. The lowest BCUT2D eigenvalue weighted by Crippen LogP contribution is -2.45. The summed E-state index contributed by atoms with van der Waals surface area (Å²) < 4.78 is 0. The Bertz CT molecular complexity index is 160. The summed E-state index contributed by atoms with van der Waals surface area (Å²) in [5, 5.41) is 12.2. The summed E-state index contributed by atoms with van der Waals surface area (Å²) in [4.78, 5) is 10.8. The van der Waals surface area contributed by atoms with Crippen LogP contribution in [0.1, 0.15) is 33.6 Å². The number of hydrogen-bond acceptors (Lipinski definition) is 3. The Morgan fingerprint density at radius 2 is 2.08 bits per heavy atom. The van der Waals surface area contributed by atoms with Gasteiger partial charge in [0.25, 0.3) is 0 Å². The van der Waals surface area contributed by atoms with Crippen molar-refractivity contribution >= 4 is 5.91 Å². The van der Waals surface area contributed by atoms with E-state index in [9.17, 15) is 4.79 Å². The number of aliphatic hydroxyl groups is 1. The maximum Gasteiger partial charge on any atom is 0.234 e. The van der Waals surface area contributed by atoms with Crippen molar-refractivity contribution in [2.75, 3.05) is 0 Å². The van der Waals surface area contributed by atoms with Gasteiger partial charge in [-0.15, -0.1) is 0 Å². The standard InChI is InChI=1S/C9H20N2O2/c1-4-8(9(10)13)11-6(2)5-7(3)12/h6-8,11-12H,4-5H2,1-3H3,(H2,10,13). The van der Waals surface area contributed by atoms with E-state index < -0.39 is 0 Å². The molecule has 0 bridgehead atoms. The number of nitrogens with one attached hydrogen (secondary N) is 1. The number of hydrogen-bond donors (Lipinski definition) is 3. The second kappa shape index (κ2) is 5.94. The Morgan fingerprint density at radius 1 is 1.54 bits per heavy atom. The molecule has 0 radical (unpaired) electrons. The first kappa shape index (κ1) is 12.4. The first-order chi connectivity index (χ1) is 5.97. The maximum absolute atomic E-state index is 10.8. The Labute approximate surface area is 79.5 Å². The molecule has 0 heterocycles. The van der Waals surface area contributed by atoms with Crippen LogP contribution in [0, 0.1) is 0 Å².